The lowest BCUT2D eigenvalue weighted by atomic mass is 10.1. The fraction of sp³-hybridized carbons (Fsp3) is 0.273. The molecule has 28 heavy (non-hydrogen) atoms. The van der Waals surface area contributed by atoms with Gasteiger partial charge >= 0.3 is 0 Å². The number of anilines is 1. The Bertz CT molecular complexity index is 940. The molecule has 1 fully saturated rings. The van der Waals surface area contributed by atoms with E-state index in [0.29, 0.717) is 24.4 Å². The first-order chi connectivity index (χ1) is 13.6. The Labute approximate surface area is 169 Å². The number of carbonyl (C=O) groups excluding carboxylic acids is 2. The molecular formula is C22H23N3O2S. The van der Waals surface area contributed by atoms with Crippen LogP contribution in [0.5, 0.6) is 0 Å². The Balaban J connectivity index is 1.60. The summed E-state index contributed by atoms with van der Waals surface area (Å²) in [6.07, 6.45) is 1.60. The zero-order chi connectivity index (χ0) is 19.7. The van der Waals surface area contributed by atoms with Gasteiger partial charge in [-0.1, -0.05) is 24.3 Å². The molecule has 1 aromatic heterocycles. The van der Waals surface area contributed by atoms with E-state index in [4.69, 9.17) is 0 Å². The first kappa shape index (κ1) is 18.5. The summed E-state index contributed by atoms with van der Waals surface area (Å²) in [7, 11) is 0. The lowest BCUT2D eigenvalue weighted by Gasteiger charge is -2.37. The SMILES string of the molecule is C=CCN1C(=O)C(c2cccs2)=C(N2CCN(c3cccc(C)c3)CC2)C1=O. The van der Waals surface area contributed by atoms with Crippen LogP contribution in [0.2, 0.25) is 0 Å². The maximum absolute atomic E-state index is 13.1. The van der Waals surface area contributed by atoms with E-state index in [2.05, 4.69) is 47.6 Å². The Kier molecular flexibility index (Phi) is 5.05. The second-order valence-corrected chi connectivity index (χ2v) is 7.97. The van der Waals surface area contributed by atoms with Gasteiger partial charge in [-0.2, -0.15) is 0 Å². The van der Waals surface area contributed by atoms with Gasteiger partial charge in [0.05, 0.1) is 5.57 Å². The number of hydrogen-bond donors (Lipinski definition) is 0. The van der Waals surface area contributed by atoms with Crippen molar-refractivity contribution in [2.24, 2.45) is 0 Å². The van der Waals surface area contributed by atoms with Crippen LogP contribution in [0.4, 0.5) is 5.69 Å². The number of aryl methyl sites for hydroxylation is 1. The van der Waals surface area contributed by atoms with Gasteiger partial charge < -0.3 is 9.80 Å². The molecule has 2 aliphatic heterocycles. The number of rotatable bonds is 5. The van der Waals surface area contributed by atoms with Crippen molar-refractivity contribution >= 4 is 34.4 Å². The second kappa shape index (κ2) is 7.64. The van der Waals surface area contributed by atoms with Gasteiger partial charge in [-0.3, -0.25) is 14.5 Å². The van der Waals surface area contributed by atoms with Crippen LogP contribution in [0.1, 0.15) is 10.4 Å². The van der Waals surface area contributed by atoms with Gasteiger partial charge in [0, 0.05) is 43.3 Å². The van der Waals surface area contributed by atoms with Gasteiger partial charge in [-0.05, 0) is 36.1 Å². The highest BCUT2D eigenvalue weighted by Crippen LogP contribution is 2.34. The lowest BCUT2D eigenvalue weighted by Crippen LogP contribution is -2.47. The molecule has 3 heterocycles. The molecule has 144 valence electrons. The van der Waals surface area contributed by atoms with Crippen molar-refractivity contribution in [3.8, 4) is 0 Å². The normalized spacial score (nSPS) is 17.7. The van der Waals surface area contributed by atoms with Crippen LogP contribution in [0, 0.1) is 6.92 Å². The quantitative estimate of drug-likeness (QED) is 0.578. The molecule has 1 aromatic carbocycles. The topological polar surface area (TPSA) is 43.9 Å². The largest absolute Gasteiger partial charge is 0.368 e. The molecule has 0 atom stereocenters. The van der Waals surface area contributed by atoms with Crippen LogP contribution in [0.25, 0.3) is 5.57 Å². The summed E-state index contributed by atoms with van der Waals surface area (Å²) in [5.41, 5.74) is 3.51. The molecule has 0 unspecified atom stereocenters. The fourth-order valence-corrected chi connectivity index (χ4v) is 4.57. The average Bonchev–Trinajstić information content (AvgIpc) is 3.31. The van der Waals surface area contributed by atoms with E-state index in [1.54, 1.807) is 6.08 Å². The lowest BCUT2D eigenvalue weighted by molar-refractivity contribution is -0.136. The molecule has 5 nitrogen and oxygen atoms in total. The van der Waals surface area contributed by atoms with E-state index in [-0.39, 0.29) is 18.4 Å². The van der Waals surface area contributed by atoms with Crippen LogP contribution in [0.3, 0.4) is 0 Å². The second-order valence-electron chi connectivity index (χ2n) is 7.02. The van der Waals surface area contributed by atoms with E-state index in [1.165, 1.54) is 27.5 Å². The summed E-state index contributed by atoms with van der Waals surface area (Å²) in [6.45, 7) is 9.06. The highest BCUT2D eigenvalue weighted by atomic mass is 32.1. The van der Waals surface area contributed by atoms with E-state index in [9.17, 15) is 9.59 Å². The summed E-state index contributed by atoms with van der Waals surface area (Å²) < 4.78 is 0. The van der Waals surface area contributed by atoms with Crippen molar-refractivity contribution in [3.63, 3.8) is 0 Å². The Morgan fingerprint density at radius 3 is 2.43 bits per heavy atom. The van der Waals surface area contributed by atoms with Crippen LogP contribution >= 0.6 is 11.3 Å². The number of imide groups is 1. The van der Waals surface area contributed by atoms with Crippen LogP contribution in [0.15, 0.2) is 60.1 Å². The molecular weight excluding hydrogens is 370 g/mol. The first-order valence-electron chi connectivity index (χ1n) is 9.42. The van der Waals surface area contributed by atoms with Crippen molar-refractivity contribution in [2.75, 3.05) is 37.6 Å². The molecule has 2 aromatic rings. The number of benzene rings is 1. The van der Waals surface area contributed by atoms with Gasteiger partial charge in [-0.25, -0.2) is 0 Å². The molecule has 2 amide bonds. The van der Waals surface area contributed by atoms with Crippen LogP contribution < -0.4 is 4.90 Å². The number of piperazine rings is 1. The van der Waals surface area contributed by atoms with Crippen LogP contribution in [-0.2, 0) is 9.59 Å². The number of amides is 2. The van der Waals surface area contributed by atoms with Crippen molar-refractivity contribution < 1.29 is 9.59 Å². The summed E-state index contributed by atoms with van der Waals surface area (Å²) in [5, 5.41) is 1.93. The van der Waals surface area contributed by atoms with E-state index in [0.717, 1.165) is 18.0 Å². The van der Waals surface area contributed by atoms with Gasteiger partial charge in [-0.15, -0.1) is 17.9 Å². The average molecular weight is 394 g/mol. The minimum atomic E-state index is -0.219. The van der Waals surface area contributed by atoms with Gasteiger partial charge in [0.15, 0.2) is 0 Å². The molecule has 0 aliphatic carbocycles. The fourth-order valence-electron chi connectivity index (χ4n) is 3.81. The number of carbonyl (C=O) groups is 2. The third kappa shape index (κ3) is 3.24. The first-order valence-corrected chi connectivity index (χ1v) is 10.3. The molecule has 0 radical (unpaired) electrons. The summed E-state index contributed by atoms with van der Waals surface area (Å²) in [4.78, 5) is 32.6. The number of thiophene rings is 1. The summed E-state index contributed by atoms with van der Waals surface area (Å²) >= 11 is 1.49. The zero-order valence-electron chi connectivity index (χ0n) is 15.9. The number of nitrogens with zero attached hydrogens (tertiary/aromatic N) is 3. The van der Waals surface area contributed by atoms with Crippen molar-refractivity contribution in [1.29, 1.82) is 0 Å². The number of hydrogen-bond acceptors (Lipinski definition) is 5. The van der Waals surface area contributed by atoms with Crippen molar-refractivity contribution in [1.82, 2.24) is 9.80 Å². The minimum absolute atomic E-state index is 0.211. The Morgan fingerprint density at radius 2 is 1.79 bits per heavy atom. The van der Waals surface area contributed by atoms with Crippen LogP contribution in [-0.4, -0.2) is 54.3 Å². The third-order valence-corrected chi connectivity index (χ3v) is 6.07. The monoisotopic (exact) mass is 393 g/mol. The predicted octanol–water partition coefficient (Wildman–Crippen LogP) is 3.14. The predicted molar refractivity (Wildman–Crippen MR) is 113 cm³/mol. The molecule has 6 heteroatoms. The van der Waals surface area contributed by atoms with E-state index < -0.39 is 0 Å². The standard InChI is InChI=1S/C22H23N3O2S/c1-3-9-25-21(26)19(18-8-5-14-28-18)20(22(25)27)24-12-10-23(11-13-24)17-7-4-6-16(2)15-17/h3-8,14-15H,1,9-13H2,2H3. The Morgan fingerprint density at radius 1 is 1.04 bits per heavy atom. The maximum Gasteiger partial charge on any atom is 0.278 e. The smallest absolute Gasteiger partial charge is 0.278 e. The Hall–Kier alpha value is -2.86. The summed E-state index contributed by atoms with van der Waals surface area (Å²) in [6, 6.07) is 12.3. The maximum atomic E-state index is 13.1. The van der Waals surface area contributed by atoms with Gasteiger partial charge in [0.2, 0.25) is 0 Å². The van der Waals surface area contributed by atoms with E-state index >= 15 is 0 Å². The highest BCUT2D eigenvalue weighted by molar-refractivity contribution is 7.11. The summed E-state index contributed by atoms with van der Waals surface area (Å²) in [5.74, 6) is -0.430. The zero-order valence-corrected chi connectivity index (χ0v) is 16.7. The highest BCUT2D eigenvalue weighted by Gasteiger charge is 2.42. The van der Waals surface area contributed by atoms with Gasteiger partial charge in [0.25, 0.3) is 11.8 Å². The van der Waals surface area contributed by atoms with E-state index in [1.807, 2.05) is 17.5 Å². The van der Waals surface area contributed by atoms with Crippen molar-refractivity contribution in [2.45, 2.75) is 6.92 Å². The molecule has 4 rings (SSSR count). The molecule has 0 spiro atoms. The molecule has 0 N–H and O–H groups in total. The molecule has 2 aliphatic rings. The molecule has 0 saturated carbocycles. The minimum Gasteiger partial charge on any atom is -0.368 e. The third-order valence-electron chi connectivity index (χ3n) is 5.19. The molecule has 1 saturated heterocycles. The van der Waals surface area contributed by atoms with Crippen molar-refractivity contribution in [3.05, 3.63) is 70.6 Å². The van der Waals surface area contributed by atoms with Gasteiger partial charge in [0.1, 0.15) is 5.70 Å². The molecule has 0 bridgehead atoms.